The van der Waals surface area contributed by atoms with Gasteiger partial charge < -0.3 is 29.2 Å². The first-order chi connectivity index (χ1) is 68.9. The highest BCUT2D eigenvalue weighted by Gasteiger charge is 2.52. The zero-order chi connectivity index (χ0) is 97.8. The molecule has 2 atom stereocenters. The fourth-order valence-corrected chi connectivity index (χ4v) is 18.3. The number of hydrogen-bond donors (Lipinski definition) is 2. The highest BCUT2D eigenvalue weighted by atomic mass is 79.9. The SMILES string of the molecule is Brc1ccc2ccccc2c1.Brc1ccccn1.C.C1CCOC1.COC(=O)c1ccccc1C(=O)OC.COC(=O)c1ccccc1C(=O)c1ccccn1.F.O=C1c2ccccc2C(=O)c2ncccc21.OC1(c2ccc3ccccc3c2)c2ccccc2C(O)(c2ccc3ccccc3c2)c2ncccc21.[2HH].c1ccc2cc(-c3c4ccccc4c(-c4ccc5ccccc5c4)c4ncccc34)ccc2c1. The smallest absolute Gasteiger partial charge is 0.338 e. The van der Waals surface area contributed by atoms with Crippen LogP contribution in [-0.2, 0) is 30.1 Å². The highest BCUT2D eigenvalue weighted by molar-refractivity contribution is 9.10. The van der Waals surface area contributed by atoms with Crippen molar-refractivity contribution in [2.45, 2.75) is 31.5 Å². The van der Waals surface area contributed by atoms with Gasteiger partial charge in [-0.1, -0.05) is 327 Å². The van der Waals surface area contributed by atoms with Gasteiger partial charge in [0.05, 0.1) is 54.8 Å². The number of fused-ring (bicyclic) bond motifs is 11. The van der Waals surface area contributed by atoms with E-state index >= 15 is 0 Å². The lowest BCUT2D eigenvalue weighted by molar-refractivity contribution is 0.0555. The number of esters is 3. The van der Waals surface area contributed by atoms with Crippen LogP contribution >= 0.6 is 31.9 Å². The number of hydrogen-bond acceptors (Lipinski definition) is 17. The first-order valence-electron chi connectivity index (χ1n) is 45.5. The molecule has 17 nitrogen and oxygen atoms in total. The number of pyridine rings is 5. The van der Waals surface area contributed by atoms with Gasteiger partial charge in [-0.2, -0.15) is 0 Å². The van der Waals surface area contributed by atoms with Crippen molar-refractivity contribution in [3.05, 3.63) is 530 Å². The molecule has 0 amide bonds. The largest absolute Gasteiger partial charge is 0.465 e. The maximum Gasteiger partial charge on any atom is 0.338 e. The Balaban J connectivity index is 0.000000139. The van der Waals surface area contributed by atoms with E-state index in [0.29, 0.717) is 55.9 Å². The number of ether oxygens (including phenoxy) is 4. The number of halogens is 3. The Hall–Kier alpha value is -16.7. The minimum Gasteiger partial charge on any atom is -0.465 e. The summed E-state index contributed by atoms with van der Waals surface area (Å²) in [5.41, 5.74) is 9.46. The Morgan fingerprint density at radius 3 is 1.20 bits per heavy atom. The van der Waals surface area contributed by atoms with Gasteiger partial charge in [-0.25, -0.2) is 19.4 Å². The van der Waals surface area contributed by atoms with E-state index in [1.54, 1.807) is 103 Å². The summed E-state index contributed by atoms with van der Waals surface area (Å²) in [6.45, 7) is 2.00. The normalized spacial score (nSPS) is 13.6. The van der Waals surface area contributed by atoms with Gasteiger partial charge in [-0.15, -0.1) is 0 Å². The van der Waals surface area contributed by atoms with Gasteiger partial charge in [0.25, 0.3) is 0 Å². The van der Waals surface area contributed by atoms with Crippen LogP contribution in [0.4, 0.5) is 4.70 Å². The van der Waals surface area contributed by atoms with Crippen LogP contribution in [-0.4, -0.2) is 105 Å². The summed E-state index contributed by atoms with van der Waals surface area (Å²) >= 11 is 6.63. The average molecular weight is 2020 g/mol. The summed E-state index contributed by atoms with van der Waals surface area (Å²) in [6.07, 6.45) is 10.9. The molecule has 2 aliphatic carbocycles. The number of aliphatic hydroxyl groups is 2. The second-order valence-electron chi connectivity index (χ2n) is 33.0. The van der Waals surface area contributed by atoms with Crippen LogP contribution in [0.25, 0.3) is 97.8 Å². The minimum atomic E-state index is -1.53. The molecule has 6 heterocycles. The van der Waals surface area contributed by atoms with Crippen LogP contribution in [0.1, 0.15) is 134 Å². The third-order valence-electron chi connectivity index (χ3n) is 24.5. The molecule has 2 unspecified atom stereocenters. The summed E-state index contributed by atoms with van der Waals surface area (Å²) in [4.78, 5) is 91.8. The summed E-state index contributed by atoms with van der Waals surface area (Å²) in [6, 6.07) is 132. The molecule has 708 valence electrons. The second kappa shape index (κ2) is 46.8. The molecule has 2 N–H and O–H groups in total. The third-order valence-corrected chi connectivity index (χ3v) is 25.5. The van der Waals surface area contributed by atoms with E-state index in [0.717, 1.165) is 54.9 Å². The number of aromatic nitrogens is 5. The average Bonchev–Trinajstić information content (AvgIpc) is 0.707. The number of nitrogens with zero attached hydrogens (tertiary/aromatic N) is 5. The number of methoxy groups -OCH3 is 3. The fraction of sp³-hybridized carbons (Fsp3) is 0.0813. The predicted molar refractivity (Wildman–Crippen MR) is 575 cm³/mol. The molecule has 1 aliphatic heterocycles. The van der Waals surface area contributed by atoms with Gasteiger partial charge in [0.15, 0.2) is 11.4 Å². The topological polar surface area (TPSA) is 244 Å². The Kier molecular flexibility index (Phi) is 33.0. The van der Waals surface area contributed by atoms with Crippen molar-refractivity contribution >= 4 is 143 Å². The molecule has 0 radical (unpaired) electrons. The van der Waals surface area contributed by atoms with Gasteiger partial charge >= 0.3 is 17.9 Å². The Morgan fingerprint density at radius 1 is 0.329 bits per heavy atom. The molecular formula is C123H98Br2FN5O12. The molecule has 16 aromatic carbocycles. The zero-order valence-corrected chi connectivity index (χ0v) is 80.4. The van der Waals surface area contributed by atoms with E-state index in [-0.39, 0.29) is 53.3 Å². The maximum atomic E-state index is 12.6. The Labute approximate surface area is 844 Å². The highest BCUT2D eigenvalue weighted by Crippen LogP contribution is 2.53. The molecule has 1 saturated heterocycles. The van der Waals surface area contributed by atoms with E-state index in [9.17, 15) is 39.0 Å². The lowest BCUT2D eigenvalue weighted by atomic mass is 9.65. The van der Waals surface area contributed by atoms with Crippen molar-refractivity contribution in [3.8, 4) is 22.3 Å². The molecule has 20 heteroatoms. The van der Waals surface area contributed by atoms with E-state index in [1.165, 1.54) is 129 Å². The summed E-state index contributed by atoms with van der Waals surface area (Å²) in [5.74, 6) is -2.23. The molecule has 24 rings (SSSR count). The number of carbonyl (C=O) groups is 6. The molecule has 0 saturated carbocycles. The lowest BCUT2D eigenvalue weighted by Gasteiger charge is -2.44. The quantitative estimate of drug-likeness (QED) is 0.0448. The predicted octanol–water partition coefficient (Wildman–Crippen LogP) is 27.8. The summed E-state index contributed by atoms with van der Waals surface area (Å²) < 4.78 is 20.7. The van der Waals surface area contributed by atoms with Crippen LogP contribution in [0.3, 0.4) is 0 Å². The van der Waals surface area contributed by atoms with Crippen LogP contribution in [0.2, 0.25) is 0 Å². The monoisotopic (exact) mass is 2010 g/mol. The molecule has 143 heavy (non-hydrogen) atoms. The molecule has 5 aromatic heterocycles. The molecule has 1 fully saturated rings. The lowest BCUT2D eigenvalue weighted by Crippen LogP contribution is -2.44. The van der Waals surface area contributed by atoms with Crippen molar-refractivity contribution in [2.75, 3.05) is 34.5 Å². The fourth-order valence-electron chi connectivity index (χ4n) is 17.7. The number of rotatable bonds is 9. The van der Waals surface area contributed by atoms with E-state index in [4.69, 9.17) is 14.7 Å². The number of carbonyl (C=O) groups excluding carboxylic acids is 6. The first kappa shape index (κ1) is 101. The summed E-state index contributed by atoms with van der Waals surface area (Å²) in [5, 5.41) is 40.7. The summed E-state index contributed by atoms with van der Waals surface area (Å²) in [7, 11) is 3.80. The van der Waals surface area contributed by atoms with Crippen molar-refractivity contribution in [3.63, 3.8) is 0 Å². The third kappa shape index (κ3) is 22.0. The minimum absolute atomic E-state index is 0. The van der Waals surface area contributed by atoms with Gasteiger partial charge in [0, 0.05) is 88.9 Å². The van der Waals surface area contributed by atoms with E-state index in [2.05, 4.69) is 231 Å². The molecule has 21 aromatic rings. The second-order valence-corrected chi connectivity index (χ2v) is 34.7. The molecule has 0 bridgehead atoms. The van der Waals surface area contributed by atoms with Crippen LogP contribution in [0.5, 0.6) is 0 Å². The molecular weight excluding hydrogens is 1920 g/mol. The Morgan fingerprint density at radius 2 is 0.699 bits per heavy atom. The first-order valence-corrected chi connectivity index (χ1v) is 47.1. The molecule has 3 aliphatic rings. The maximum absolute atomic E-state index is 12.6. The van der Waals surface area contributed by atoms with E-state index < -0.39 is 29.1 Å². The van der Waals surface area contributed by atoms with E-state index in [1.807, 2.05) is 140 Å². The van der Waals surface area contributed by atoms with Crippen molar-refractivity contribution < 1.29 is 64.1 Å². The van der Waals surface area contributed by atoms with Gasteiger partial charge in [-0.3, -0.25) is 39.0 Å². The van der Waals surface area contributed by atoms with Gasteiger partial charge in [0.2, 0.25) is 11.6 Å². The van der Waals surface area contributed by atoms with Crippen molar-refractivity contribution in [2.24, 2.45) is 0 Å². The zero-order valence-electron chi connectivity index (χ0n) is 77.3. The number of benzene rings is 16. The van der Waals surface area contributed by atoms with Crippen LogP contribution < -0.4 is 0 Å². The van der Waals surface area contributed by atoms with Crippen molar-refractivity contribution in [1.29, 1.82) is 0 Å². The van der Waals surface area contributed by atoms with Crippen LogP contribution in [0, 0.1) is 0 Å². The Bertz CT molecular complexity index is 7720. The van der Waals surface area contributed by atoms with Gasteiger partial charge in [0.1, 0.15) is 21.6 Å². The van der Waals surface area contributed by atoms with Crippen LogP contribution in [0.15, 0.2) is 447 Å². The van der Waals surface area contributed by atoms with Crippen molar-refractivity contribution in [1.82, 2.24) is 24.9 Å². The standard InChI is InChI=1S/C33H23NO2.C33H21N.C14H11NO3.C13H7NO2.C10H7Br.C10H10O4.C5H4BrN.C4H8O.CH4.FH.H2/c35-32(26-17-15-22-8-1-3-10-24(22)20-26)28-12-5-6-13-29(28)33(36,31-30(32)14-7-19-34-31)27-18-16-23-9-2-4-11-25(23)21-27;1-3-10-24-20-26(17-15-22(24)8-1)31-28-12-5-6-13-29(28)32(33-30(31)14-7-19-34-33)27-18-16-23-9-2-4-11-25(23)21-27;1-18-14(17)11-7-3-2-6-10(11)13(16)12-8-4-5-9-15-12;15-12-8-4-1-2-5-9(8)13(16)11-10(12)6-3-7-14-11;11-10-6-5-8-3-1-2-4-9(8)7-10;1-13-9(11)7-5-3-4-6-8(7)10(12)14-2;6-5-3-1-2-4-7-5;1-2-4-5-3-1;;;/h1-21,35-36H;1-21H;2-9H,1H3;1-7H;1-7H;3-6H,1-2H3;1-4H;1-4H2;1H4;2*1H/i;;;;;;;;;;1+1. The number of ketones is 3. The van der Waals surface area contributed by atoms with Gasteiger partial charge in [-0.05, 0) is 230 Å². The molecule has 0 spiro atoms.